The highest BCUT2D eigenvalue weighted by atomic mass is 16.5. The van der Waals surface area contributed by atoms with Gasteiger partial charge in [0.2, 0.25) is 5.91 Å². The maximum atomic E-state index is 12.4. The fourth-order valence-corrected chi connectivity index (χ4v) is 3.38. The molecule has 0 aliphatic carbocycles. The van der Waals surface area contributed by atoms with E-state index in [-0.39, 0.29) is 5.92 Å². The number of piperidine rings is 2. The van der Waals surface area contributed by atoms with Crippen molar-refractivity contribution in [1.82, 2.24) is 10.2 Å². The molecule has 3 saturated heterocycles. The Hall–Kier alpha value is -0.610. The van der Waals surface area contributed by atoms with Crippen molar-refractivity contribution >= 4 is 5.91 Å². The van der Waals surface area contributed by atoms with E-state index in [0.29, 0.717) is 17.7 Å². The van der Waals surface area contributed by atoms with Crippen LogP contribution in [0.5, 0.6) is 0 Å². The number of fused-ring (bicyclic) bond motifs is 1. The van der Waals surface area contributed by atoms with Crippen molar-refractivity contribution < 1.29 is 9.53 Å². The minimum atomic E-state index is 0.225. The predicted molar refractivity (Wildman–Crippen MR) is 64.6 cm³/mol. The largest absolute Gasteiger partial charge is 0.381 e. The third-order valence-electron chi connectivity index (χ3n) is 4.51. The molecule has 3 atom stereocenters. The molecular weight excluding hydrogens is 216 g/mol. The molecule has 0 aromatic heterocycles. The molecule has 0 aromatic carbocycles. The molecule has 0 saturated carbocycles. The van der Waals surface area contributed by atoms with Crippen LogP contribution in [0.15, 0.2) is 0 Å². The zero-order valence-electron chi connectivity index (χ0n) is 10.4. The van der Waals surface area contributed by atoms with E-state index >= 15 is 0 Å². The van der Waals surface area contributed by atoms with Gasteiger partial charge < -0.3 is 15.0 Å². The van der Waals surface area contributed by atoms with Gasteiger partial charge in [0.05, 0.1) is 12.5 Å². The van der Waals surface area contributed by atoms with Gasteiger partial charge in [-0.15, -0.1) is 0 Å². The van der Waals surface area contributed by atoms with Gasteiger partial charge in [-0.1, -0.05) is 0 Å². The lowest BCUT2D eigenvalue weighted by Gasteiger charge is -2.36. The Morgan fingerprint density at radius 2 is 2.12 bits per heavy atom. The van der Waals surface area contributed by atoms with Crippen molar-refractivity contribution in [3.63, 3.8) is 0 Å². The molecule has 0 radical (unpaired) electrons. The van der Waals surface area contributed by atoms with Crippen LogP contribution < -0.4 is 5.32 Å². The van der Waals surface area contributed by atoms with Crippen molar-refractivity contribution in [2.75, 3.05) is 39.4 Å². The van der Waals surface area contributed by atoms with Crippen molar-refractivity contribution in [2.45, 2.75) is 19.3 Å². The lowest BCUT2D eigenvalue weighted by Crippen LogP contribution is -2.48. The molecule has 3 rings (SSSR count). The third-order valence-corrected chi connectivity index (χ3v) is 4.51. The number of carbonyl (C=O) groups is 1. The van der Waals surface area contributed by atoms with E-state index in [1.807, 2.05) is 0 Å². The monoisotopic (exact) mass is 238 g/mol. The van der Waals surface area contributed by atoms with E-state index in [1.54, 1.807) is 0 Å². The SMILES string of the molecule is O=C([C@@H]1CCCNC1)N1CC[C@H]2COC[C@@H]2C1. The molecule has 0 unspecified atom stereocenters. The molecule has 96 valence electrons. The Bertz CT molecular complexity index is 289. The molecular formula is C13H22N2O2. The second-order valence-electron chi connectivity index (χ2n) is 5.67. The average molecular weight is 238 g/mol. The molecule has 0 bridgehead atoms. The zero-order chi connectivity index (χ0) is 11.7. The van der Waals surface area contributed by atoms with Gasteiger partial charge in [0.15, 0.2) is 0 Å². The van der Waals surface area contributed by atoms with E-state index in [1.165, 1.54) is 0 Å². The van der Waals surface area contributed by atoms with Gasteiger partial charge >= 0.3 is 0 Å². The Balaban J connectivity index is 1.58. The number of carbonyl (C=O) groups excluding carboxylic acids is 1. The molecule has 17 heavy (non-hydrogen) atoms. The van der Waals surface area contributed by atoms with Crippen LogP contribution in [0.2, 0.25) is 0 Å². The number of hydrogen-bond donors (Lipinski definition) is 1. The quantitative estimate of drug-likeness (QED) is 0.722. The number of ether oxygens (including phenoxy) is 1. The van der Waals surface area contributed by atoms with Gasteiger partial charge in [-0.05, 0) is 31.7 Å². The predicted octanol–water partition coefficient (Wildman–Crippen LogP) is 0.481. The van der Waals surface area contributed by atoms with Crippen LogP contribution in [0.25, 0.3) is 0 Å². The molecule has 3 fully saturated rings. The van der Waals surface area contributed by atoms with Crippen LogP contribution in [-0.2, 0) is 9.53 Å². The number of amides is 1. The lowest BCUT2D eigenvalue weighted by atomic mass is 9.87. The fourth-order valence-electron chi connectivity index (χ4n) is 3.38. The Morgan fingerprint density at radius 1 is 1.24 bits per heavy atom. The molecule has 3 aliphatic heterocycles. The summed E-state index contributed by atoms with van der Waals surface area (Å²) in [4.78, 5) is 14.5. The highest BCUT2D eigenvalue weighted by Crippen LogP contribution is 2.30. The first kappa shape index (κ1) is 11.5. The zero-order valence-corrected chi connectivity index (χ0v) is 10.4. The van der Waals surface area contributed by atoms with E-state index in [4.69, 9.17) is 4.74 Å². The second kappa shape index (κ2) is 4.94. The van der Waals surface area contributed by atoms with E-state index in [0.717, 1.165) is 58.7 Å². The van der Waals surface area contributed by atoms with Crippen LogP contribution in [0, 0.1) is 17.8 Å². The minimum absolute atomic E-state index is 0.225. The molecule has 0 spiro atoms. The highest BCUT2D eigenvalue weighted by Gasteiger charge is 2.37. The summed E-state index contributed by atoms with van der Waals surface area (Å²) in [6, 6.07) is 0. The summed E-state index contributed by atoms with van der Waals surface area (Å²) < 4.78 is 5.51. The van der Waals surface area contributed by atoms with Crippen molar-refractivity contribution in [2.24, 2.45) is 17.8 Å². The molecule has 1 amide bonds. The van der Waals surface area contributed by atoms with Gasteiger partial charge in [0.1, 0.15) is 0 Å². The van der Waals surface area contributed by atoms with Crippen LogP contribution in [0.3, 0.4) is 0 Å². The molecule has 1 N–H and O–H groups in total. The molecule has 4 heteroatoms. The summed E-state index contributed by atoms with van der Waals surface area (Å²) in [5.41, 5.74) is 0. The summed E-state index contributed by atoms with van der Waals surface area (Å²) >= 11 is 0. The average Bonchev–Trinajstić information content (AvgIpc) is 2.86. The maximum Gasteiger partial charge on any atom is 0.226 e. The minimum Gasteiger partial charge on any atom is -0.381 e. The Morgan fingerprint density at radius 3 is 2.94 bits per heavy atom. The lowest BCUT2D eigenvalue weighted by molar-refractivity contribution is -0.138. The molecule has 3 aliphatic rings. The maximum absolute atomic E-state index is 12.4. The Kier molecular flexibility index (Phi) is 3.34. The number of likely N-dealkylation sites (tertiary alicyclic amines) is 1. The van der Waals surface area contributed by atoms with Crippen molar-refractivity contribution in [1.29, 1.82) is 0 Å². The second-order valence-corrected chi connectivity index (χ2v) is 5.67. The normalized spacial score (nSPS) is 37.9. The van der Waals surface area contributed by atoms with Crippen molar-refractivity contribution in [3.8, 4) is 0 Å². The highest BCUT2D eigenvalue weighted by molar-refractivity contribution is 5.79. The van der Waals surface area contributed by atoms with Crippen LogP contribution in [-0.4, -0.2) is 50.2 Å². The van der Waals surface area contributed by atoms with E-state index in [2.05, 4.69) is 10.2 Å². The summed E-state index contributed by atoms with van der Waals surface area (Å²) in [7, 11) is 0. The number of nitrogens with one attached hydrogen (secondary N) is 1. The first-order valence-corrected chi connectivity index (χ1v) is 6.92. The number of hydrogen-bond acceptors (Lipinski definition) is 3. The molecule has 4 nitrogen and oxygen atoms in total. The van der Waals surface area contributed by atoms with E-state index in [9.17, 15) is 4.79 Å². The number of nitrogens with zero attached hydrogens (tertiary/aromatic N) is 1. The summed E-state index contributed by atoms with van der Waals surface area (Å²) in [5, 5.41) is 3.33. The van der Waals surface area contributed by atoms with Gasteiger partial charge in [0, 0.05) is 32.2 Å². The van der Waals surface area contributed by atoms with Crippen molar-refractivity contribution in [3.05, 3.63) is 0 Å². The fraction of sp³-hybridized carbons (Fsp3) is 0.923. The van der Waals surface area contributed by atoms with Gasteiger partial charge in [0.25, 0.3) is 0 Å². The van der Waals surface area contributed by atoms with Gasteiger partial charge in [-0.25, -0.2) is 0 Å². The summed E-state index contributed by atoms with van der Waals surface area (Å²) in [6.45, 7) is 5.59. The summed E-state index contributed by atoms with van der Waals surface area (Å²) in [6.07, 6.45) is 3.34. The Labute approximate surface area is 103 Å². The van der Waals surface area contributed by atoms with Gasteiger partial charge in [-0.2, -0.15) is 0 Å². The van der Waals surface area contributed by atoms with Crippen LogP contribution in [0.4, 0.5) is 0 Å². The van der Waals surface area contributed by atoms with Crippen LogP contribution >= 0.6 is 0 Å². The molecule has 3 heterocycles. The third kappa shape index (κ3) is 2.33. The smallest absolute Gasteiger partial charge is 0.226 e. The number of rotatable bonds is 1. The topological polar surface area (TPSA) is 41.6 Å². The van der Waals surface area contributed by atoms with E-state index < -0.39 is 0 Å². The molecule has 0 aromatic rings. The first-order chi connectivity index (χ1) is 8.34. The van der Waals surface area contributed by atoms with Gasteiger partial charge in [-0.3, -0.25) is 4.79 Å². The standard InChI is InChI=1S/C13H22N2O2/c16-13(10-2-1-4-14-6-10)15-5-3-11-8-17-9-12(11)7-15/h10-12,14H,1-9H2/t10-,11+,12+/m1/s1. The first-order valence-electron chi connectivity index (χ1n) is 6.92. The summed E-state index contributed by atoms with van der Waals surface area (Å²) in [5.74, 6) is 1.91. The van der Waals surface area contributed by atoms with Crippen LogP contribution in [0.1, 0.15) is 19.3 Å².